The van der Waals surface area contributed by atoms with Crippen LogP contribution in [0.25, 0.3) is 0 Å². The van der Waals surface area contributed by atoms with Gasteiger partial charge in [-0.1, -0.05) is 26.2 Å². The fraction of sp³-hybridized carbons (Fsp3) is 0.500. The largest absolute Gasteiger partial charge is 0.469 e. The zero-order valence-corrected chi connectivity index (χ0v) is 21.7. The number of carbonyl (C=O) groups is 1. The number of esters is 1. The maximum absolute atomic E-state index is 12.5. The summed E-state index contributed by atoms with van der Waals surface area (Å²) < 4.78 is 29.6. The first-order valence-electron chi connectivity index (χ1n) is 12.1. The summed E-state index contributed by atoms with van der Waals surface area (Å²) in [7, 11) is -0.0988. The molecule has 2 aromatic rings. The number of nitrogens with zero attached hydrogens (tertiary/aromatic N) is 3. The molecule has 0 saturated heterocycles. The Labute approximate surface area is 208 Å². The number of aliphatic hydroxyl groups excluding tert-OH is 1. The Balaban J connectivity index is 1.87. The third-order valence-corrected chi connectivity index (χ3v) is 7.48. The van der Waals surface area contributed by atoms with Gasteiger partial charge in [-0.15, -0.1) is 0 Å². The van der Waals surface area contributed by atoms with Gasteiger partial charge in [-0.05, 0) is 67.8 Å². The van der Waals surface area contributed by atoms with Crippen LogP contribution >= 0.6 is 0 Å². The maximum Gasteiger partial charge on any atom is 0.305 e. The third-order valence-electron chi connectivity index (χ3n) is 5.66. The average molecular weight is 504 g/mol. The molecule has 1 N–H and O–H groups in total. The van der Waals surface area contributed by atoms with Crippen molar-refractivity contribution in [2.75, 3.05) is 31.4 Å². The molecular formula is C26H37N3O5S. The fourth-order valence-electron chi connectivity index (χ4n) is 3.52. The van der Waals surface area contributed by atoms with Gasteiger partial charge in [-0.25, -0.2) is 8.42 Å². The molecule has 0 aliphatic rings. The van der Waals surface area contributed by atoms with Gasteiger partial charge in [-0.2, -0.15) is 10.2 Å². The van der Waals surface area contributed by atoms with E-state index in [0.717, 1.165) is 24.9 Å². The molecule has 8 nitrogen and oxygen atoms in total. The molecule has 1 atom stereocenters. The molecule has 0 amide bonds. The summed E-state index contributed by atoms with van der Waals surface area (Å²) in [5.41, 5.74) is 2.22. The number of rotatable bonds is 15. The number of hydrogen-bond donors (Lipinski definition) is 1. The Bertz CT molecular complexity index is 1040. The van der Waals surface area contributed by atoms with Gasteiger partial charge in [0.2, 0.25) is 0 Å². The first kappa shape index (κ1) is 28.5. The number of likely N-dealkylation sites (N-methyl/N-ethyl adjacent to an activating group) is 1. The van der Waals surface area contributed by atoms with Gasteiger partial charge in [0.05, 0.1) is 35.2 Å². The lowest BCUT2D eigenvalue weighted by Gasteiger charge is -2.22. The summed E-state index contributed by atoms with van der Waals surface area (Å²) in [5, 5.41) is 18.5. The van der Waals surface area contributed by atoms with Crippen LogP contribution in [-0.2, 0) is 19.4 Å². The number of hydrogen-bond acceptors (Lipinski definition) is 8. The number of anilines is 1. The Kier molecular flexibility index (Phi) is 11.9. The summed E-state index contributed by atoms with van der Waals surface area (Å²) in [5.74, 6) is -0.246. The SMILES string of the molecule is CCCCC(O)CN(C)c1ccc(N=Nc2ccc(S(=O)(=O)CCCCCC(=O)OC)cc2)cc1. The molecular weight excluding hydrogens is 466 g/mol. The first-order chi connectivity index (χ1) is 16.7. The zero-order valence-electron chi connectivity index (χ0n) is 20.9. The number of methoxy groups -OCH3 is 1. The number of ether oxygens (including phenoxy) is 1. The lowest BCUT2D eigenvalue weighted by Crippen LogP contribution is -2.28. The smallest absolute Gasteiger partial charge is 0.305 e. The van der Waals surface area contributed by atoms with E-state index >= 15 is 0 Å². The van der Waals surface area contributed by atoms with Crippen molar-refractivity contribution in [2.45, 2.75) is 62.9 Å². The molecule has 0 radical (unpaired) electrons. The quantitative estimate of drug-likeness (QED) is 0.193. The van der Waals surface area contributed by atoms with E-state index in [0.29, 0.717) is 43.6 Å². The van der Waals surface area contributed by atoms with Crippen molar-refractivity contribution in [3.8, 4) is 0 Å². The van der Waals surface area contributed by atoms with Crippen molar-refractivity contribution in [3.63, 3.8) is 0 Å². The van der Waals surface area contributed by atoms with E-state index in [-0.39, 0.29) is 22.7 Å². The van der Waals surface area contributed by atoms with E-state index in [9.17, 15) is 18.3 Å². The van der Waals surface area contributed by atoms with Gasteiger partial charge in [0.1, 0.15) is 0 Å². The van der Waals surface area contributed by atoms with E-state index in [1.165, 1.54) is 7.11 Å². The van der Waals surface area contributed by atoms with Gasteiger partial charge in [0, 0.05) is 25.7 Å². The number of azo groups is 1. The molecule has 0 fully saturated rings. The second kappa shape index (κ2) is 14.6. The van der Waals surface area contributed by atoms with Crippen molar-refractivity contribution in [2.24, 2.45) is 10.2 Å². The van der Waals surface area contributed by atoms with Gasteiger partial charge >= 0.3 is 5.97 Å². The number of benzene rings is 2. The van der Waals surface area contributed by atoms with Gasteiger partial charge in [0.25, 0.3) is 0 Å². The molecule has 0 saturated carbocycles. The van der Waals surface area contributed by atoms with Crippen molar-refractivity contribution in [3.05, 3.63) is 48.5 Å². The summed E-state index contributed by atoms with van der Waals surface area (Å²) in [6.45, 7) is 2.68. The molecule has 0 bridgehead atoms. The number of carbonyl (C=O) groups excluding carboxylic acids is 1. The molecule has 192 valence electrons. The molecule has 2 rings (SSSR count). The summed E-state index contributed by atoms with van der Waals surface area (Å²) in [4.78, 5) is 13.4. The highest BCUT2D eigenvalue weighted by Crippen LogP contribution is 2.24. The lowest BCUT2D eigenvalue weighted by atomic mass is 10.1. The summed E-state index contributed by atoms with van der Waals surface area (Å²) in [6, 6.07) is 13.9. The zero-order chi connectivity index (χ0) is 25.7. The van der Waals surface area contributed by atoms with Crippen LogP contribution < -0.4 is 4.90 Å². The molecule has 0 aliphatic carbocycles. The minimum atomic E-state index is -3.39. The molecule has 0 aromatic heterocycles. The Morgan fingerprint density at radius 3 is 2.14 bits per heavy atom. The second-order valence-electron chi connectivity index (χ2n) is 8.59. The van der Waals surface area contributed by atoms with Gasteiger partial charge in [-0.3, -0.25) is 4.79 Å². The number of sulfone groups is 1. The standard InChI is InChI=1S/C26H37N3O5S/c1-4-5-9-24(30)20-29(2)23-15-11-21(12-16-23)27-28-22-13-17-25(18-14-22)35(32,33)19-8-6-7-10-26(31)34-3/h11-18,24,30H,4-10,19-20H2,1-3H3. The minimum absolute atomic E-state index is 0.0332. The van der Waals surface area contributed by atoms with E-state index in [4.69, 9.17) is 0 Å². The highest BCUT2D eigenvalue weighted by Gasteiger charge is 2.14. The summed E-state index contributed by atoms with van der Waals surface area (Å²) in [6.07, 6.45) is 4.58. The van der Waals surface area contributed by atoms with Crippen LogP contribution in [0.4, 0.5) is 17.1 Å². The Morgan fingerprint density at radius 2 is 1.57 bits per heavy atom. The highest BCUT2D eigenvalue weighted by atomic mass is 32.2. The van der Waals surface area contributed by atoms with Crippen LogP contribution in [0.1, 0.15) is 51.9 Å². The van der Waals surface area contributed by atoms with Crippen LogP contribution in [-0.4, -0.2) is 52.1 Å². The average Bonchev–Trinajstić information content (AvgIpc) is 2.86. The molecule has 35 heavy (non-hydrogen) atoms. The van der Waals surface area contributed by atoms with Crippen LogP contribution in [0.2, 0.25) is 0 Å². The minimum Gasteiger partial charge on any atom is -0.469 e. The number of aliphatic hydroxyl groups is 1. The van der Waals surface area contributed by atoms with Crippen LogP contribution in [0.3, 0.4) is 0 Å². The molecule has 9 heteroatoms. The van der Waals surface area contributed by atoms with Crippen LogP contribution in [0, 0.1) is 0 Å². The predicted molar refractivity (Wildman–Crippen MR) is 138 cm³/mol. The fourth-order valence-corrected chi connectivity index (χ4v) is 4.89. The Hall–Kier alpha value is -2.78. The molecule has 0 aliphatic heterocycles. The molecule has 0 spiro atoms. The van der Waals surface area contributed by atoms with E-state index in [1.807, 2.05) is 36.2 Å². The normalized spacial score (nSPS) is 12.6. The van der Waals surface area contributed by atoms with Crippen LogP contribution in [0.15, 0.2) is 63.7 Å². The third kappa shape index (κ3) is 10.2. The molecule has 2 aromatic carbocycles. The highest BCUT2D eigenvalue weighted by molar-refractivity contribution is 7.91. The van der Waals surface area contributed by atoms with E-state index in [1.54, 1.807) is 24.3 Å². The predicted octanol–water partition coefficient (Wildman–Crippen LogP) is 5.60. The molecule has 1 unspecified atom stereocenters. The Morgan fingerprint density at radius 1 is 0.971 bits per heavy atom. The van der Waals surface area contributed by atoms with Crippen molar-refractivity contribution >= 4 is 32.9 Å². The first-order valence-corrected chi connectivity index (χ1v) is 13.7. The van der Waals surface area contributed by atoms with E-state index in [2.05, 4.69) is 21.9 Å². The van der Waals surface area contributed by atoms with Crippen LogP contribution in [0.5, 0.6) is 0 Å². The maximum atomic E-state index is 12.5. The van der Waals surface area contributed by atoms with Gasteiger partial charge < -0.3 is 14.7 Å². The van der Waals surface area contributed by atoms with Gasteiger partial charge in [0.15, 0.2) is 9.84 Å². The summed E-state index contributed by atoms with van der Waals surface area (Å²) >= 11 is 0. The van der Waals surface area contributed by atoms with E-state index < -0.39 is 9.84 Å². The second-order valence-corrected chi connectivity index (χ2v) is 10.7. The number of unbranched alkanes of at least 4 members (excludes halogenated alkanes) is 3. The van der Waals surface area contributed by atoms with Crippen molar-refractivity contribution < 1.29 is 23.1 Å². The topological polar surface area (TPSA) is 109 Å². The monoisotopic (exact) mass is 503 g/mol. The van der Waals surface area contributed by atoms with Crippen molar-refractivity contribution in [1.29, 1.82) is 0 Å². The van der Waals surface area contributed by atoms with Crippen molar-refractivity contribution in [1.82, 2.24) is 0 Å². The molecule has 0 heterocycles. The lowest BCUT2D eigenvalue weighted by molar-refractivity contribution is -0.140.